The van der Waals surface area contributed by atoms with E-state index in [-0.39, 0.29) is 0 Å². The molecule has 62 valence electrons. The van der Waals surface area contributed by atoms with Crippen LogP contribution in [0.2, 0.25) is 5.02 Å². The summed E-state index contributed by atoms with van der Waals surface area (Å²) in [5, 5.41) is 4.73. The van der Waals surface area contributed by atoms with Crippen LogP contribution in [0.3, 0.4) is 0 Å². The lowest BCUT2D eigenvalue weighted by atomic mass is 10.4. The minimum Gasteiger partial charge on any atom is -0.264 e. The number of hydrogen-bond acceptors (Lipinski definition) is 1. The minimum absolute atomic E-state index is 0.316. The fraction of sp³-hybridized carbons (Fsp3) is 0.571. The van der Waals surface area contributed by atoms with Gasteiger partial charge in [-0.3, -0.25) is 4.68 Å². The summed E-state index contributed by atoms with van der Waals surface area (Å²) < 4.78 is 1.83. The summed E-state index contributed by atoms with van der Waals surface area (Å²) in [6.07, 6.45) is 1.62. The Balaban J connectivity index is 3.05. The Morgan fingerprint density at radius 1 is 1.64 bits per heavy atom. The third-order valence-electron chi connectivity index (χ3n) is 1.46. The molecule has 0 spiro atoms. The van der Waals surface area contributed by atoms with Crippen LogP contribution >= 0.6 is 23.2 Å². The van der Waals surface area contributed by atoms with Crippen molar-refractivity contribution < 1.29 is 0 Å². The maximum Gasteiger partial charge on any atom is 0.0830 e. The molecule has 0 atom stereocenters. The van der Waals surface area contributed by atoms with Gasteiger partial charge >= 0.3 is 0 Å². The summed E-state index contributed by atoms with van der Waals surface area (Å²) >= 11 is 11.5. The highest BCUT2D eigenvalue weighted by molar-refractivity contribution is 6.32. The topological polar surface area (TPSA) is 17.8 Å². The summed E-state index contributed by atoms with van der Waals surface area (Å²) in [6.45, 7) is 4.08. The Kier molecular flexibility index (Phi) is 2.79. The molecule has 0 N–H and O–H groups in total. The molecule has 4 heteroatoms. The quantitative estimate of drug-likeness (QED) is 0.660. The predicted octanol–water partition coefficient (Wildman–Crippen LogP) is 2.86. The fourth-order valence-corrected chi connectivity index (χ4v) is 1.47. The third kappa shape index (κ3) is 1.68. The molecule has 2 nitrogen and oxygen atoms in total. The Labute approximate surface area is 76.1 Å². The number of alkyl halides is 1. The van der Waals surface area contributed by atoms with Crippen molar-refractivity contribution in [3.05, 3.63) is 16.9 Å². The van der Waals surface area contributed by atoms with Gasteiger partial charge in [0.1, 0.15) is 0 Å². The van der Waals surface area contributed by atoms with E-state index in [4.69, 9.17) is 23.2 Å². The fourth-order valence-electron chi connectivity index (χ4n) is 0.937. The van der Waals surface area contributed by atoms with Gasteiger partial charge in [-0.1, -0.05) is 11.6 Å². The lowest BCUT2D eigenvalue weighted by molar-refractivity contribution is 0.517. The molecule has 0 amide bonds. The van der Waals surface area contributed by atoms with Gasteiger partial charge in [0.25, 0.3) is 0 Å². The van der Waals surface area contributed by atoms with Crippen molar-refractivity contribution in [1.29, 1.82) is 0 Å². The van der Waals surface area contributed by atoms with Gasteiger partial charge in [-0.15, -0.1) is 11.6 Å². The molecule has 0 fully saturated rings. The van der Waals surface area contributed by atoms with Crippen LogP contribution in [0.5, 0.6) is 0 Å². The normalized spacial score (nSPS) is 11.0. The SMILES string of the molecule is CC(C)n1ncc(Cl)c1CCl. The van der Waals surface area contributed by atoms with E-state index in [0.29, 0.717) is 16.9 Å². The molecule has 1 aromatic heterocycles. The first kappa shape index (κ1) is 8.88. The largest absolute Gasteiger partial charge is 0.264 e. The van der Waals surface area contributed by atoms with Crippen LogP contribution in [-0.4, -0.2) is 9.78 Å². The van der Waals surface area contributed by atoms with E-state index in [1.165, 1.54) is 0 Å². The molecule has 1 aromatic rings. The summed E-state index contributed by atoms with van der Waals surface area (Å²) in [5.41, 5.74) is 0.892. The van der Waals surface area contributed by atoms with E-state index in [9.17, 15) is 0 Å². The molecular formula is C7H10Cl2N2. The second kappa shape index (κ2) is 3.46. The zero-order chi connectivity index (χ0) is 8.43. The van der Waals surface area contributed by atoms with Gasteiger partial charge in [-0.05, 0) is 13.8 Å². The first-order valence-electron chi connectivity index (χ1n) is 3.44. The van der Waals surface area contributed by atoms with E-state index in [1.807, 2.05) is 18.5 Å². The van der Waals surface area contributed by atoms with Gasteiger partial charge in [-0.25, -0.2) is 0 Å². The lowest BCUT2D eigenvalue weighted by Gasteiger charge is -2.08. The summed E-state index contributed by atoms with van der Waals surface area (Å²) in [4.78, 5) is 0. The van der Waals surface area contributed by atoms with Crippen LogP contribution in [0.25, 0.3) is 0 Å². The summed E-state index contributed by atoms with van der Waals surface area (Å²) in [7, 11) is 0. The number of hydrogen-bond donors (Lipinski definition) is 0. The molecule has 0 aromatic carbocycles. The van der Waals surface area contributed by atoms with Crippen molar-refractivity contribution in [2.45, 2.75) is 25.8 Å². The molecule has 1 rings (SSSR count). The van der Waals surface area contributed by atoms with Crippen molar-refractivity contribution >= 4 is 23.2 Å². The highest BCUT2D eigenvalue weighted by Crippen LogP contribution is 2.20. The third-order valence-corrected chi connectivity index (χ3v) is 2.03. The number of rotatable bonds is 2. The Bertz CT molecular complexity index is 243. The zero-order valence-corrected chi connectivity index (χ0v) is 8.02. The van der Waals surface area contributed by atoms with E-state index in [0.717, 1.165) is 5.69 Å². The Morgan fingerprint density at radius 3 is 2.64 bits per heavy atom. The summed E-state index contributed by atoms with van der Waals surface area (Å²) in [5.74, 6) is 0.414. The molecule has 0 bridgehead atoms. The van der Waals surface area contributed by atoms with Crippen LogP contribution in [0.4, 0.5) is 0 Å². The van der Waals surface area contributed by atoms with E-state index >= 15 is 0 Å². The average Bonchev–Trinajstić information content (AvgIpc) is 2.30. The number of nitrogens with zero attached hydrogens (tertiary/aromatic N) is 2. The van der Waals surface area contributed by atoms with Crippen LogP contribution in [0.15, 0.2) is 6.20 Å². The van der Waals surface area contributed by atoms with Crippen LogP contribution in [0.1, 0.15) is 25.6 Å². The first-order valence-corrected chi connectivity index (χ1v) is 4.36. The van der Waals surface area contributed by atoms with Gasteiger partial charge in [0.15, 0.2) is 0 Å². The second-order valence-corrected chi connectivity index (χ2v) is 3.29. The number of aromatic nitrogens is 2. The molecule has 0 saturated carbocycles. The average molecular weight is 193 g/mol. The molecule has 1 heterocycles. The zero-order valence-electron chi connectivity index (χ0n) is 6.51. The smallest absolute Gasteiger partial charge is 0.0830 e. The predicted molar refractivity (Wildman–Crippen MR) is 47.2 cm³/mol. The van der Waals surface area contributed by atoms with Crippen molar-refractivity contribution in [3.63, 3.8) is 0 Å². The van der Waals surface area contributed by atoms with Gasteiger partial charge in [0.05, 0.1) is 22.8 Å². The van der Waals surface area contributed by atoms with Gasteiger partial charge in [0.2, 0.25) is 0 Å². The van der Waals surface area contributed by atoms with Crippen molar-refractivity contribution in [2.24, 2.45) is 0 Å². The minimum atomic E-state index is 0.316. The maximum absolute atomic E-state index is 5.82. The van der Waals surface area contributed by atoms with Crippen molar-refractivity contribution in [2.75, 3.05) is 0 Å². The molecule has 0 unspecified atom stereocenters. The monoisotopic (exact) mass is 192 g/mol. The van der Waals surface area contributed by atoms with Crippen LogP contribution in [0, 0.1) is 0 Å². The van der Waals surface area contributed by atoms with E-state index in [1.54, 1.807) is 6.20 Å². The lowest BCUT2D eigenvalue weighted by Crippen LogP contribution is -2.05. The highest BCUT2D eigenvalue weighted by Gasteiger charge is 2.09. The van der Waals surface area contributed by atoms with Gasteiger partial charge < -0.3 is 0 Å². The molecular weight excluding hydrogens is 183 g/mol. The Morgan fingerprint density at radius 2 is 2.27 bits per heavy atom. The van der Waals surface area contributed by atoms with Gasteiger partial charge in [-0.2, -0.15) is 5.10 Å². The summed E-state index contributed by atoms with van der Waals surface area (Å²) in [6, 6.07) is 0.316. The van der Waals surface area contributed by atoms with E-state index < -0.39 is 0 Å². The molecule has 0 saturated heterocycles. The second-order valence-electron chi connectivity index (χ2n) is 2.61. The van der Waals surface area contributed by atoms with Crippen LogP contribution < -0.4 is 0 Å². The molecule has 11 heavy (non-hydrogen) atoms. The van der Waals surface area contributed by atoms with E-state index in [2.05, 4.69) is 5.10 Å². The molecule has 0 aliphatic rings. The van der Waals surface area contributed by atoms with Crippen LogP contribution in [-0.2, 0) is 5.88 Å². The standard InChI is InChI=1S/C7H10Cl2N2/c1-5(2)11-7(3-8)6(9)4-10-11/h4-5H,3H2,1-2H3. The van der Waals surface area contributed by atoms with Gasteiger partial charge in [0, 0.05) is 6.04 Å². The molecule has 0 radical (unpaired) electrons. The highest BCUT2D eigenvalue weighted by atomic mass is 35.5. The molecule has 0 aliphatic heterocycles. The molecule has 0 aliphatic carbocycles. The maximum atomic E-state index is 5.82. The van der Waals surface area contributed by atoms with Crippen molar-refractivity contribution in [1.82, 2.24) is 9.78 Å². The first-order chi connectivity index (χ1) is 5.16. The van der Waals surface area contributed by atoms with Crippen molar-refractivity contribution in [3.8, 4) is 0 Å². The number of halogens is 2. The Hall–Kier alpha value is -0.210.